The summed E-state index contributed by atoms with van der Waals surface area (Å²) >= 11 is 0. The van der Waals surface area contributed by atoms with Crippen LogP contribution in [-0.2, 0) is 9.59 Å². The molecule has 1 unspecified atom stereocenters. The molecule has 0 aliphatic carbocycles. The number of rotatable bonds is 19. The number of carbonyl (C=O) groups is 2. The molecule has 1 atom stereocenters. The molecule has 0 aromatic carbocycles. The average molecular weight is 369 g/mol. The van der Waals surface area contributed by atoms with E-state index in [1.54, 1.807) is 0 Å². The van der Waals surface area contributed by atoms with Crippen molar-refractivity contribution >= 4 is 12.6 Å². The number of unbranched alkanes of at least 4 members (excludes halogenated alkanes) is 15. The van der Waals surface area contributed by atoms with E-state index in [0.29, 0.717) is 0 Å². The van der Waals surface area contributed by atoms with Gasteiger partial charge >= 0.3 is 0 Å². The molecule has 0 spiro atoms. The maximum Gasteiger partial charge on any atom is 0.122 e. The first-order chi connectivity index (χ1) is 12.7. The van der Waals surface area contributed by atoms with Crippen molar-refractivity contribution in [3.63, 3.8) is 0 Å². The number of hydrogen-bond acceptors (Lipinski definition) is 2. The Hall–Kier alpha value is -0.660. The maximum atomic E-state index is 10.3. The highest BCUT2D eigenvalue weighted by Gasteiger charge is 1.98. The fraction of sp³-hybridized carbons (Fsp3) is 0.917. The summed E-state index contributed by atoms with van der Waals surface area (Å²) in [6.45, 7) is 6.50. The van der Waals surface area contributed by atoms with Gasteiger partial charge in [-0.3, -0.25) is 0 Å². The Labute approximate surface area is 164 Å². The molecule has 156 valence electrons. The zero-order chi connectivity index (χ0) is 19.7. The first kappa shape index (κ1) is 27.6. The summed E-state index contributed by atoms with van der Waals surface area (Å²) in [5, 5.41) is 0. The molecule has 0 aliphatic rings. The molecule has 0 rings (SSSR count). The highest BCUT2D eigenvalue weighted by molar-refractivity contribution is 5.52. The summed E-state index contributed by atoms with van der Waals surface area (Å²) in [6, 6.07) is 0. The van der Waals surface area contributed by atoms with E-state index < -0.39 is 0 Å². The van der Waals surface area contributed by atoms with Gasteiger partial charge in [-0.15, -0.1) is 0 Å². The molecule has 2 heteroatoms. The molecular weight excluding hydrogens is 320 g/mol. The molecule has 0 aromatic rings. The van der Waals surface area contributed by atoms with Gasteiger partial charge in [0.1, 0.15) is 12.6 Å². The lowest BCUT2D eigenvalue weighted by Gasteiger charge is -2.02. The highest BCUT2D eigenvalue weighted by atomic mass is 16.1. The van der Waals surface area contributed by atoms with Gasteiger partial charge in [-0.2, -0.15) is 0 Å². The van der Waals surface area contributed by atoms with Gasteiger partial charge < -0.3 is 9.59 Å². The quantitative estimate of drug-likeness (QED) is 0.171. The zero-order valence-corrected chi connectivity index (χ0v) is 18.3. The van der Waals surface area contributed by atoms with Gasteiger partial charge in [-0.05, 0) is 12.8 Å². The smallest absolute Gasteiger partial charge is 0.122 e. The summed E-state index contributed by atoms with van der Waals surface area (Å²) in [7, 11) is 0. The van der Waals surface area contributed by atoms with Crippen molar-refractivity contribution in [3.05, 3.63) is 0 Å². The second-order valence-electron chi connectivity index (χ2n) is 7.81. The second kappa shape index (κ2) is 26.6. The van der Waals surface area contributed by atoms with E-state index in [4.69, 9.17) is 0 Å². The molecule has 0 aliphatic heterocycles. The third kappa shape index (κ3) is 28.2. The van der Waals surface area contributed by atoms with Gasteiger partial charge in [0, 0.05) is 12.3 Å². The van der Waals surface area contributed by atoms with Crippen molar-refractivity contribution in [3.8, 4) is 0 Å². The normalized spacial score (nSPS) is 11.5. The number of aldehydes is 2. The van der Waals surface area contributed by atoms with Gasteiger partial charge in [0.05, 0.1) is 0 Å². The van der Waals surface area contributed by atoms with Crippen molar-refractivity contribution in [2.24, 2.45) is 5.92 Å². The molecule has 0 fully saturated rings. The molecule has 26 heavy (non-hydrogen) atoms. The molecule has 0 amide bonds. The molecule has 0 radical (unpaired) electrons. The van der Waals surface area contributed by atoms with Crippen LogP contribution in [0.15, 0.2) is 0 Å². The van der Waals surface area contributed by atoms with Crippen LogP contribution in [-0.4, -0.2) is 12.6 Å². The van der Waals surface area contributed by atoms with Crippen molar-refractivity contribution in [2.45, 2.75) is 136 Å². The van der Waals surface area contributed by atoms with Gasteiger partial charge in [0.15, 0.2) is 0 Å². The minimum atomic E-state index is 0.274. The van der Waals surface area contributed by atoms with Crippen LogP contribution in [0.2, 0.25) is 0 Å². The molecule has 0 aromatic heterocycles. The van der Waals surface area contributed by atoms with E-state index in [9.17, 15) is 9.59 Å². The lowest BCUT2D eigenvalue weighted by Crippen LogP contribution is -1.94. The fourth-order valence-electron chi connectivity index (χ4n) is 3.03. The van der Waals surface area contributed by atoms with E-state index in [1.807, 2.05) is 6.92 Å². The number of hydrogen-bond donors (Lipinski definition) is 0. The fourth-order valence-corrected chi connectivity index (χ4v) is 3.03. The summed E-state index contributed by atoms with van der Waals surface area (Å²) in [5.41, 5.74) is 0. The van der Waals surface area contributed by atoms with Crippen molar-refractivity contribution in [1.29, 1.82) is 0 Å². The van der Waals surface area contributed by atoms with E-state index in [1.165, 1.54) is 96.3 Å². The Morgan fingerprint density at radius 1 is 0.577 bits per heavy atom. The van der Waals surface area contributed by atoms with Crippen LogP contribution in [0.3, 0.4) is 0 Å². The van der Waals surface area contributed by atoms with Crippen LogP contribution in [0.25, 0.3) is 0 Å². The first-order valence-corrected chi connectivity index (χ1v) is 11.6. The molecule has 0 saturated carbocycles. The predicted molar refractivity (Wildman–Crippen MR) is 116 cm³/mol. The van der Waals surface area contributed by atoms with Crippen molar-refractivity contribution in [2.75, 3.05) is 0 Å². The van der Waals surface area contributed by atoms with Gasteiger partial charge in [0.2, 0.25) is 0 Å². The SMILES string of the molecule is CCCCCCCCCC(C)C=O.CCCCCCCCCCCC=O. The van der Waals surface area contributed by atoms with Crippen molar-refractivity contribution < 1.29 is 9.59 Å². The molecule has 0 bridgehead atoms. The summed E-state index contributed by atoms with van der Waals surface area (Å²) in [5.74, 6) is 0.274. The van der Waals surface area contributed by atoms with Crippen LogP contribution >= 0.6 is 0 Å². The van der Waals surface area contributed by atoms with Crippen LogP contribution in [0, 0.1) is 5.92 Å². The zero-order valence-electron chi connectivity index (χ0n) is 18.3. The van der Waals surface area contributed by atoms with E-state index >= 15 is 0 Å². The standard InChI is InChI=1S/2C12H24O/c1-3-4-5-6-7-8-9-10-12(2)11-13;1-2-3-4-5-6-7-8-9-10-11-12-13/h11-12H,3-10H2,1-2H3;12H,2-11H2,1H3. The van der Waals surface area contributed by atoms with Crippen LogP contribution in [0.4, 0.5) is 0 Å². The lowest BCUT2D eigenvalue weighted by atomic mass is 10.0. The second-order valence-corrected chi connectivity index (χ2v) is 7.81. The Morgan fingerprint density at radius 3 is 1.35 bits per heavy atom. The Kier molecular flexibility index (Phi) is 28.2. The third-order valence-corrected chi connectivity index (χ3v) is 4.92. The maximum absolute atomic E-state index is 10.3. The summed E-state index contributed by atoms with van der Waals surface area (Å²) < 4.78 is 0. The highest BCUT2D eigenvalue weighted by Crippen LogP contribution is 2.11. The van der Waals surface area contributed by atoms with E-state index in [-0.39, 0.29) is 5.92 Å². The summed E-state index contributed by atoms with van der Waals surface area (Å²) in [6.07, 6.45) is 25.2. The minimum Gasteiger partial charge on any atom is -0.303 e. The molecule has 0 saturated heterocycles. The third-order valence-electron chi connectivity index (χ3n) is 4.92. The van der Waals surface area contributed by atoms with Gasteiger partial charge in [0.25, 0.3) is 0 Å². The Balaban J connectivity index is 0. The lowest BCUT2D eigenvalue weighted by molar-refractivity contribution is -0.111. The molecular formula is C24H48O2. The Bertz CT molecular complexity index is 263. The van der Waals surface area contributed by atoms with Crippen molar-refractivity contribution in [1.82, 2.24) is 0 Å². The molecule has 0 N–H and O–H groups in total. The monoisotopic (exact) mass is 368 g/mol. The Morgan fingerprint density at radius 2 is 0.962 bits per heavy atom. The predicted octanol–water partition coefficient (Wildman–Crippen LogP) is 8.07. The van der Waals surface area contributed by atoms with E-state index in [0.717, 1.165) is 31.8 Å². The minimum absolute atomic E-state index is 0.274. The topological polar surface area (TPSA) is 34.1 Å². The first-order valence-electron chi connectivity index (χ1n) is 11.6. The van der Waals surface area contributed by atoms with Crippen LogP contribution in [0.1, 0.15) is 136 Å². The van der Waals surface area contributed by atoms with E-state index in [2.05, 4.69) is 13.8 Å². The summed E-state index contributed by atoms with van der Waals surface area (Å²) in [4.78, 5) is 20.3. The number of carbonyl (C=O) groups excluding carboxylic acids is 2. The van der Waals surface area contributed by atoms with Crippen LogP contribution in [0.5, 0.6) is 0 Å². The van der Waals surface area contributed by atoms with Crippen LogP contribution < -0.4 is 0 Å². The van der Waals surface area contributed by atoms with Gasteiger partial charge in [-0.1, -0.05) is 117 Å². The van der Waals surface area contributed by atoms with Gasteiger partial charge in [-0.25, -0.2) is 0 Å². The molecule has 2 nitrogen and oxygen atoms in total. The average Bonchev–Trinajstić information content (AvgIpc) is 2.66. The molecule has 0 heterocycles. The largest absolute Gasteiger partial charge is 0.303 e.